The molecule has 0 aromatic rings. The third-order valence-corrected chi connectivity index (χ3v) is 4.11. The molecule has 1 atom stereocenters. The van der Waals surface area contributed by atoms with Crippen LogP contribution in [0.2, 0.25) is 0 Å². The lowest BCUT2D eigenvalue weighted by molar-refractivity contribution is -0.151. The number of carbonyl (C=O) groups excluding carboxylic acids is 1. The molecule has 4 heteroatoms. The number of thioether (sulfide) groups is 1. The molecule has 0 aromatic heterocycles. The molecular formula is C9H17NO2S. The SMILES string of the molecule is COC(=O)C1(N)CSCCC1(C)C. The monoisotopic (exact) mass is 203 g/mol. The topological polar surface area (TPSA) is 52.3 Å². The number of ether oxygens (including phenoxy) is 1. The zero-order chi connectivity index (χ0) is 10.1. The fourth-order valence-electron chi connectivity index (χ4n) is 1.50. The van der Waals surface area contributed by atoms with E-state index < -0.39 is 5.54 Å². The molecule has 0 aromatic carbocycles. The Morgan fingerprint density at radius 3 is 2.62 bits per heavy atom. The van der Waals surface area contributed by atoms with Gasteiger partial charge in [0, 0.05) is 5.75 Å². The molecule has 0 radical (unpaired) electrons. The van der Waals surface area contributed by atoms with Crippen LogP contribution in [0.5, 0.6) is 0 Å². The number of esters is 1. The lowest BCUT2D eigenvalue weighted by Gasteiger charge is -2.44. The zero-order valence-electron chi connectivity index (χ0n) is 8.42. The highest BCUT2D eigenvalue weighted by Crippen LogP contribution is 2.41. The van der Waals surface area contributed by atoms with Gasteiger partial charge in [-0.25, -0.2) is 0 Å². The van der Waals surface area contributed by atoms with E-state index in [1.54, 1.807) is 11.8 Å². The van der Waals surface area contributed by atoms with Crippen molar-refractivity contribution in [3.63, 3.8) is 0 Å². The van der Waals surface area contributed by atoms with Crippen LogP contribution < -0.4 is 5.73 Å². The minimum atomic E-state index is -0.815. The first kappa shape index (κ1) is 10.9. The van der Waals surface area contributed by atoms with E-state index in [1.165, 1.54) is 7.11 Å². The van der Waals surface area contributed by atoms with Gasteiger partial charge in [0.2, 0.25) is 0 Å². The molecule has 1 fully saturated rings. The van der Waals surface area contributed by atoms with E-state index in [2.05, 4.69) is 0 Å². The minimum Gasteiger partial charge on any atom is -0.468 e. The predicted molar refractivity (Wildman–Crippen MR) is 54.7 cm³/mol. The van der Waals surface area contributed by atoms with E-state index in [0.29, 0.717) is 5.75 Å². The summed E-state index contributed by atoms with van der Waals surface area (Å²) in [6, 6.07) is 0. The maximum Gasteiger partial charge on any atom is 0.327 e. The predicted octanol–water partition coefficient (Wildman–Crippen LogP) is 1.02. The number of rotatable bonds is 1. The van der Waals surface area contributed by atoms with Gasteiger partial charge < -0.3 is 10.5 Å². The number of methoxy groups -OCH3 is 1. The quantitative estimate of drug-likeness (QED) is 0.646. The van der Waals surface area contributed by atoms with Crippen LogP contribution >= 0.6 is 11.8 Å². The highest BCUT2D eigenvalue weighted by molar-refractivity contribution is 7.99. The molecule has 1 aliphatic heterocycles. The number of hydrogen-bond acceptors (Lipinski definition) is 4. The Bertz CT molecular complexity index is 218. The summed E-state index contributed by atoms with van der Waals surface area (Å²) < 4.78 is 4.75. The number of carbonyl (C=O) groups is 1. The average molecular weight is 203 g/mol. The summed E-state index contributed by atoms with van der Waals surface area (Å²) in [6.45, 7) is 4.06. The van der Waals surface area contributed by atoms with Crippen LogP contribution in [0, 0.1) is 5.41 Å². The molecule has 1 aliphatic rings. The normalized spacial score (nSPS) is 32.6. The molecular weight excluding hydrogens is 186 g/mol. The van der Waals surface area contributed by atoms with Crippen molar-refractivity contribution in [2.75, 3.05) is 18.6 Å². The fraction of sp³-hybridized carbons (Fsp3) is 0.889. The summed E-state index contributed by atoms with van der Waals surface area (Å²) >= 11 is 1.72. The molecule has 0 bridgehead atoms. The Balaban J connectivity index is 2.90. The Kier molecular flexibility index (Phi) is 2.92. The third kappa shape index (κ3) is 1.70. The standard InChI is InChI=1S/C9H17NO2S/c1-8(2)4-5-13-6-9(8,10)7(11)12-3/h4-6,10H2,1-3H3. The van der Waals surface area contributed by atoms with Crippen LogP contribution in [0.25, 0.3) is 0 Å². The van der Waals surface area contributed by atoms with Crippen molar-refractivity contribution < 1.29 is 9.53 Å². The Labute approximate surface area is 83.4 Å². The van der Waals surface area contributed by atoms with Crippen molar-refractivity contribution >= 4 is 17.7 Å². The van der Waals surface area contributed by atoms with Crippen molar-refractivity contribution in [1.82, 2.24) is 0 Å². The van der Waals surface area contributed by atoms with Crippen molar-refractivity contribution in [2.45, 2.75) is 25.8 Å². The van der Waals surface area contributed by atoms with Gasteiger partial charge in [-0.3, -0.25) is 4.79 Å². The van der Waals surface area contributed by atoms with Crippen LogP contribution in [0.15, 0.2) is 0 Å². The maximum absolute atomic E-state index is 11.5. The first-order valence-corrected chi connectivity index (χ1v) is 5.54. The summed E-state index contributed by atoms with van der Waals surface area (Å²) in [4.78, 5) is 11.5. The van der Waals surface area contributed by atoms with E-state index >= 15 is 0 Å². The molecule has 3 nitrogen and oxygen atoms in total. The molecule has 1 unspecified atom stereocenters. The van der Waals surface area contributed by atoms with Gasteiger partial charge in [-0.2, -0.15) is 11.8 Å². The van der Waals surface area contributed by atoms with Crippen LogP contribution in [0.4, 0.5) is 0 Å². The molecule has 0 spiro atoms. The molecule has 1 rings (SSSR count). The third-order valence-electron chi connectivity index (χ3n) is 2.96. The minimum absolute atomic E-state index is 0.161. The van der Waals surface area contributed by atoms with Gasteiger partial charge in [0.25, 0.3) is 0 Å². The largest absolute Gasteiger partial charge is 0.468 e. The van der Waals surface area contributed by atoms with Crippen LogP contribution in [0.3, 0.4) is 0 Å². The van der Waals surface area contributed by atoms with Crippen molar-refractivity contribution in [3.05, 3.63) is 0 Å². The molecule has 1 saturated heterocycles. The van der Waals surface area contributed by atoms with Gasteiger partial charge >= 0.3 is 5.97 Å². The fourth-order valence-corrected chi connectivity index (χ4v) is 3.13. The van der Waals surface area contributed by atoms with Gasteiger partial charge in [-0.15, -0.1) is 0 Å². The number of nitrogens with two attached hydrogens (primary N) is 1. The van der Waals surface area contributed by atoms with E-state index in [-0.39, 0.29) is 11.4 Å². The van der Waals surface area contributed by atoms with Gasteiger partial charge in [0.05, 0.1) is 7.11 Å². The number of hydrogen-bond donors (Lipinski definition) is 1. The summed E-state index contributed by atoms with van der Waals surface area (Å²) in [6.07, 6.45) is 0.962. The molecule has 2 N–H and O–H groups in total. The molecule has 1 heterocycles. The summed E-state index contributed by atoms with van der Waals surface area (Å²) in [5.74, 6) is 1.44. The van der Waals surface area contributed by atoms with E-state index in [4.69, 9.17) is 10.5 Å². The molecule has 13 heavy (non-hydrogen) atoms. The Morgan fingerprint density at radius 1 is 1.54 bits per heavy atom. The maximum atomic E-state index is 11.5. The van der Waals surface area contributed by atoms with Crippen molar-refractivity contribution in [3.8, 4) is 0 Å². The van der Waals surface area contributed by atoms with E-state index in [1.807, 2.05) is 13.8 Å². The second-order valence-corrected chi connectivity index (χ2v) is 5.25. The average Bonchev–Trinajstić information content (AvgIpc) is 2.08. The molecule has 76 valence electrons. The van der Waals surface area contributed by atoms with E-state index in [0.717, 1.165) is 12.2 Å². The lowest BCUT2D eigenvalue weighted by atomic mass is 9.71. The highest BCUT2D eigenvalue weighted by atomic mass is 32.2. The molecule has 0 saturated carbocycles. The van der Waals surface area contributed by atoms with Crippen molar-refractivity contribution in [1.29, 1.82) is 0 Å². The van der Waals surface area contributed by atoms with Crippen LogP contribution in [-0.4, -0.2) is 30.1 Å². The summed E-state index contributed by atoms with van der Waals surface area (Å²) in [7, 11) is 1.40. The Morgan fingerprint density at radius 2 is 2.15 bits per heavy atom. The summed E-state index contributed by atoms with van der Waals surface area (Å²) in [5, 5.41) is 0. The van der Waals surface area contributed by atoms with Crippen molar-refractivity contribution in [2.24, 2.45) is 11.1 Å². The van der Waals surface area contributed by atoms with E-state index in [9.17, 15) is 4.79 Å². The first-order chi connectivity index (χ1) is 5.94. The lowest BCUT2D eigenvalue weighted by Crippen LogP contribution is -2.63. The molecule has 0 amide bonds. The van der Waals surface area contributed by atoms with Crippen LogP contribution in [-0.2, 0) is 9.53 Å². The smallest absolute Gasteiger partial charge is 0.327 e. The zero-order valence-corrected chi connectivity index (χ0v) is 9.24. The Hall–Kier alpha value is -0.220. The first-order valence-electron chi connectivity index (χ1n) is 4.39. The van der Waals surface area contributed by atoms with Gasteiger partial charge in [0.15, 0.2) is 0 Å². The van der Waals surface area contributed by atoms with Gasteiger partial charge in [0.1, 0.15) is 5.54 Å². The highest BCUT2D eigenvalue weighted by Gasteiger charge is 2.50. The molecule has 0 aliphatic carbocycles. The summed E-state index contributed by atoms with van der Waals surface area (Å²) in [5.41, 5.74) is 5.12. The van der Waals surface area contributed by atoms with Gasteiger partial charge in [-0.1, -0.05) is 13.8 Å². The second-order valence-electron chi connectivity index (χ2n) is 4.15. The van der Waals surface area contributed by atoms with Crippen LogP contribution in [0.1, 0.15) is 20.3 Å². The second kappa shape index (κ2) is 3.50. The van der Waals surface area contributed by atoms with Gasteiger partial charge in [-0.05, 0) is 17.6 Å².